The first-order valence-corrected chi connectivity index (χ1v) is 3.41. The van der Waals surface area contributed by atoms with Crippen LogP contribution in [0.25, 0.3) is 0 Å². The number of carbonyl (C=O) groups is 1. The number of guanidine groups is 1. The van der Waals surface area contributed by atoms with Crippen molar-refractivity contribution in [1.29, 1.82) is 5.26 Å². The normalized spacial score (nSPS) is 25.7. The van der Waals surface area contributed by atoms with Gasteiger partial charge in [0, 0.05) is 4.92 Å². The van der Waals surface area contributed by atoms with Gasteiger partial charge in [-0.1, -0.05) is 0 Å². The highest BCUT2D eigenvalue weighted by atomic mass is 16.6. The van der Waals surface area contributed by atoms with Crippen molar-refractivity contribution in [2.75, 3.05) is 0 Å². The topological polar surface area (TPSA) is 141 Å². The van der Waals surface area contributed by atoms with E-state index in [0.717, 1.165) is 0 Å². The van der Waals surface area contributed by atoms with E-state index in [-0.39, 0.29) is 5.96 Å². The molecule has 0 bridgehead atoms. The van der Waals surface area contributed by atoms with E-state index in [4.69, 9.17) is 10.4 Å². The number of hydrogen-bond acceptors (Lipinski definition) is 7. The summed E-state index contributed by atoms with van der Waals surface area (Å²) in [4.78, 5) is 23.6. The van der Waals surface area contributed by atoms with E-state index in [2.05, 4.69) is 4.99 Å². The molecular formula is C5H5N5O4. The van der Waals surface area contributed by atoms with Crippen molar-refractivity contribution in [3.63, 3.8) is 0 Å². The molecule has 0 aromatic heterocycles. The molecule has 14 heavy (non-hydrogen) atoms. The zero-order chi connectivity index (χ0) is 10.7. The first-order chi connectivity index (χ1) is 6.56. The Labute approximate surface area is 77.2 Å². The van der Waals surface area contributed by atoms with Gasteiger partial charge in [0.2, 0.25) is 12.2 Å². The van der Waals surface area contributed by atoms with E-state index in [0.29, 0.717) is 0 Å². The van der Waals surface area contributed by atoms with Crippen molar-refractivity contribution in [2.24, 2.45) is 4.99 Å². The second kappa shape index (κ2) is 3.67. The number of aliphatic imine (C=N–C) groups is 1. The van der Waals surface area contributed by atoms with Gasteiger partial charge < -0.3 is 5.11 Å². The molecule has 3 N–H and O–H groups in total. The van der Waals surface area contributed by atoms with Gasteiger partial charge in [0.25, 0.3) is 0 Å². The summed E-state index contributed by atoms with van der Waals surface area (Å²) in [5.74, 6) is -1.32. The minimum absolute atomic E-state index is 0.303. The summed E-state index contributed by atoms with van der Waals surface area (Å²) in [6, 6.07) is -1.83. The van der Waals surface area contributed by atoms with Gasteiger partial charge in [-0.15, -0.1) is 0 Å². The van der Waals surface area contributed by atoms with Crippen molar-refractivity contribution in [3.8, 4) is 6.19 Å². The molecule has 0 aliphatic carbocycles. The third-order valence-electron chi connectivity index (χ3n) is 1.46. The Kier molecular flexibility index (Phi) is 2.59. The fourth-order valence-corrected chi connectivity index (χ4v) is 0.882. The van der Waals surface area contributed by atoms with Crippen molar-refractivity contribution in [1.82, 2.24) is 10.6 Å². The number of nitrogens with zero attached hydrogens (tertiary/aromatic N) is 3. The van der Waals surface area contributed by atoms with Crippen LogP contribution in [0, 0.1) is 21.6 Å². The van der Waals surface area contributed by atoms with Crippen LogP contribution >= 0.6 is 0 Å². The first kappa shape index (κ1) is 9.87. The summed E-state index contributed by atoms with van der Waals surface area (Å²) >= 11 is 0. The smallest absolute Gasteiger partial charge is 0.335 e. The number of carbonyl (C=O) groups excluding carboxylic acids is 1. The van der Waals surface area contributed by atoms with E-state index >= 15 is 0 Å². The maximum atomic E-state index is 11.0. The lowest BCUT2D eigenvalue weighted by molar-refractivity contribution is -0.519. The van der Waals surface area contributed by atoms with Gasteiger partial charge in [0.15, 0.2) is 6.19 Å². The standard InChI is InChI=1S/C5H5N5O4/c6-1-7-5-8-3(11)2(10(13)14)4(12)9-5/h2-3,11H,(H2,7,8,9,12)/t2-,3+/m0/s1. The molecule has 2 atom stereocenters. The summed E-state index contributed by atoms with van der Waals surface area (Å²) in [7, 11) is 0. The zero-order valence-electron chi connectivity index (χ0n) is 6.67. The van der Waals surface area contributed by atoms with Crippen LogP contribution in [0.15, 0.2) is 4.99 Å². The Hall–Kier alpha value is -2.21. The van der Waals surface area contributed by atoms with E-state index in [1.807, 2.05) is 10.6 Å². The predicted molar refractivity (Wildman–Crippen MR) is 41.1 cm³/mol. The summed E-state index contributed by atoms with van der Waals surface area (Å²) in [5.41, 5.74) is 0. The molecule has 1 amide bonds. The van der Waals surface area contributed by atoms with Crippen LogP contribution < -0.4 is 10.6 Å². The fourth-order valence-electron chi connectivity index (χ4n) is 0.882. The highest BCUT2D eigenvalue weighted by Crippen LogP contribution is 2.04. The van der Waals surface area contributed by atoms with Crippen molar-refractivity contribution in [2.45, 2.75) is 12.3 Å². The van der Waals surface area contributed by atoms with Gasteiger partial charge in [0.05, 0.1) is 0 Å². The molecule has 0 unspecified atom stereocenters. The Morgan fingerprint density at radius 3 is 2.86 bits per heavy atom. The Morgan fingerprint density at radius 1 is 1.79 bits per heavy atom. The fraction of sp³-hybridized carbons (Fsp3) is 0.400. The molecular weight excluding hydrogens is 194 g/mol. The lowest BCUT2D eigenvalue weighted by atomic mass is 10.2. The number of nitro groups is 1. The third-order valence-corrected chi connectivity index (χ3v) is 1.46. The zero-order valence-corrected chi connectivity index (χ0v) is 6.67. The van der Waals surface area contributed by atoms with Crippen molar-refractivity contribution < 1.29 is 14.8 Å². The summed E-state index contributed by atoms with van der Waals surface area (Å²) in [6.07, 6.45) is -0.337. The largest absolute Gasteiger partial charge is 0.366 e. The lowest BCUT2D eigenvalue weighted by Crippen LogP contribution is -2.55. The van der Waals surface area contributed by atoms with Gasteiger partial charge in [0.1, 0.15) is 0 Å². The molecule has 9 nitrogen and oxygen atoms in total. The van der Waals surface area contributed by atoms with E-state index < -0.39 is 23.1 Å². The SMILES string of the molecule is N#CNC1=N[C@H](O)[C@H]([N+](=O)[O-])C(=O)N1. The highest BCUT2D eigenvalue weighted by Gasteiger charge is 2.41. The summed E-state index contributed by atoms with van der Waals surface area (Å²) in [6.45, 7) is 0. The molecule has 0 fully saturated rings. The molecule has 0 radical (unpaired) electrons. The van der Waals surface area contributed by atoms with E-state index in [1.54, 1.807) is 0 Å². The molecule has 1 aliphatic rings. The molecule has 1 aliphatic heterocycles. The van der Waals surface area contributed by atoms with Crippen LogP contribution in [-0.2, 0) is 4.79 Å². The molecule has 0 aromatic rings. The van der Waals surface area contributed by atoms with Crippen molar-refractivity contribution >= 4 is 11.9 Å². The monoisotopic (exact) mass is 199 g/mol. The van der Waals surface area contributed by atoms with E-state index in [1.165, 1.54) is 6.19 Å². The number of nitriles is 1. The lowest BCUT2D eigenvalue weighted by Gasteiger charge is -2.18. The van der Waals surface area contributed by atoms with Crippen LogP contribution in [0.3, 0.4) is 0 Å². The number of aliphatic hydroxyl groups is 1. The first-order valence-electron chi connectivity index (χ1n) is 3.41. The van der Waals surface area contributed by atoms with Gasteiger partial charge >= 0.3 is 11.9 Å². The second-order valence-corrected chi connectivity index (χ2v) is 2.35. The van der Waals surface area contributed by atoms with Crippen molar-refractivity contribution in [3.05, 3.63) is 10.1 Å². The molecule has 0 spiro atoms. The van der Waals surface area contributed by atoms with Gasteiger partial charge in [-0.25, -0.2) is 4.99 Å². The molecule has 0 saturated heterocycles. The summed E-state index contributed by atoms with van der Waals surface area (Å²) < 4.78 is 0. The van der Waals surface area contributed by atoms with E-state index in [9.17, 15) is 14.9 Å². The maximum Gasteiger partial charge on any atom is 0.335 e. The van der Waals surface area contributed by atoms with Crippen LogP contribution in [0.2, 0.25) is 0 Å². The number of aliphatic hydroxyl groups excluding tert-OH is 1. The van der Waals surface area contributed by atoms with Crippen LogP contribution in [0.1, 0.15) is 0 Å². The van der Waals surface area contributed by atoms with Gasteiger partial charge in [-0.3, -0.25) is 25.5 Å². The quantitative estimate of drug-likeness (QED) is 0.184. The number of rotatable bonds is 1. The Morgan fingerprint density at radius 2 is 2.43 bits per heavy atom. The number of amides is 1. The molecule has 1 heterocycles. The highest BCUT2D eigenvalue weighted by molar-refractivity contribution is 6.01. The number of hydrogen-bond donors (Lipinski definition) is 3. The average molecular weight is 199 g/mol. The van der Waals surface area contributed by atoms with Crippen LogP contribution in [-0.4, -0.2) is 34.2 Å². The molecule has 0 saturated carbocycles. The molecule has 9 heteroatoms. The molecule has 0 aromatic carbocycles. The maximum absolute atomic E-state index is 11.0. The minimum atomic E-state index is -1.83. The minimum Gasteiger partial charge on any atom is -0.366 e. The Bertz CT molecular complexity index is 345. The summed E-state index contributed by atoms with van der Waals surface area (Å²) in [5, 5.41) is 31.4. The van der Waals surface area contributed by atoms with Gasteiger partial charge in [-0.2, -0.15) is 5.26 Å². The number of nitrogens with one attached hydrogen (secondary N) is 2. The predicted octanol–water partition coefficient (Wildman–Crippen LogP) is -2.49. The van der Waals surface area contributed by atoms with Gasteiger partial charge in [-0.05, 0) is 0 Å². The third kappa shape index (κ3) is 1.75. The molecule has 1 rings (SSSR count). The van der Waals surface area contributed by atoms with Crippen LogP contribution in [0.5, 0.6) is 0 Å². The Balaban J connectivity index is 2.87. The van der Waals surface area contributed by atoms with Crippen LogP contribution in [0.4, 0.5) is 0 Å². The second-order valence-electron chi connectivity index (χ2n) is 2.35. The average Bonchev–Trinajstić information content (AvgIpc) is 2.01. The molecule has 74 valence electrons.